The van der Waals surface area contributed by atoms with Gasteiger partial charge in [0.2, 0.25) is 5.89 Å². The summed E-state index contributed by atoms with van der Waals surface area (Å²) in [5.74, 6) is 0.0955. The molecule has 2 aromatic rings. The number of ketones is 1. The van der Waals surface area contributed by atoms with Crippen LogP contribution in [0.15, 0.2) is 34.9 Å². The summed E-state index contributed by atoms with van der Waals surface area (Å²) < 4.78 is 42.6. The van der Waals surface area contributed by atoms with Gasteiger partial charge >= 0.3 is 6.18 Å². The monoisotopic (exact) mass is 283 g/mol. The Morgan fingerprint density at radius 3 is 2.45 bits per heavy atom. The normalized spacial score (nSPS) is 11.6. The average molecular weight is 283 g/mol. The molecule has 0 fully saturated rings. The molecule has 0 aliphatic heterocycles. The number of nitrogens with zero attached hydrogens (tertiary/aromatic N) is 1. The van der Waals surface area contributed by atoms with Crippen LogP contribution in [-0.4, -0.2) is 10.8 Å². The standard InChI is InChI=1S/C14H12F3NO2/c1-2-3-11(19)12-8-18-13(20-12)9-4-6-10(7-5-9)14(15,16)17/h4-8H,2-3H2,1H3. The van der Waals surface area contributed by atoms with Crippen molar-refractivity contribution in [3.8, 4) is 11.5 Å². The summed E-state index contributed by atoms with van der Waals surface area (Å²) in [7, 11) is 0. The Hall–Kier alpha value is -2.11. The number of rotatable bonds is 4. The lowest BCUT2D eigenvalue weighted by Gasteiger charge is -2.06. The van der Waals surface area contributed by atoms with Crippen LogP contribution in [0.2, 0.25) is 0 Å². The van der Waals surface area contributed by atoms with Crippen LogP contribution in [0.1, 0.15) is 35.9 Å². The molecule has 106 valence electrons. The molecule has 0 amide bonds. The van der Waals surface area contributed by atoms with Gasteiger partial charge < -0.3 is 4.42 Å². The predicted molar refractivity (Wildman–Crippen MR) is 66.2 cm³/mol. The molecule has 3 nitrogen and oxygen atoms in total. The van der Waals surface area contributed by atoms with Crippen molar-refractivity contribution in [2.45, 2.75) is 25.9 Å². The molecule has 1 heterocycles. The van der Waals surface area contributed by atoms with Crippen molar-refractivity contribution in [2.24, 2.45) is 0 Å². The highest BCUT2D eigenvalue weighted by atomic mass is 19.4. The first-order valence-electron chi connectivity index (χ1n) is 6.08. The van der Waals surface area contributed by atoms with Gasteiger partial charge in [0.05, 0.1) is 11.8 Å². The Morgan fingerprint density at radius 1 is 1.25 bits per heavy atom. The highest BCUT2D eigenvalue weighted by Gasteiger charge is 2.30. The molecule has 0 saturated carbocycles. The fraction of sp³-hybridized carbons (Fsp3) is 0.286. The van der Waals surface area contributed by atoms with Crippen molar-refractivity contribution >= 4 is 5.78 Å². The number of hydrogen-bond donors (Lipinski definition) is 0. The minimum atomic E-state index is -4.38. The molecule has 0 radical (unpaired) electrons. The Labute approximate surface area is 113 Å². The highest BCUT2D eigenvalue weighted by molar-refractivity contribution is 5.93. The molecular weight excluding hydrogens is 271 g/mol. The maximum Gasteiger partial charge on any atom is 0.416 e. The third-order valence-corrected chi connectivity index (χ3v) is 2.72. The minimum Gasteiger partial charge on any atom is -0.433 e. The molecule has 0 saturated heterocycles. The number of alkyl halides is 3. The van der Waals surface area contributed by atoms with Gasteiger partial charge in [0.1, 0.15) is 0 Å². The van der Waals surface area contributed by atoms with Crippen LogP contribution in [0.5, 0.6) is 0 Å². The van der Waals surface area contributed by atoms with Crippen LogP contribution in [0.25, 0.3) is 11.5 Å². The van der Waals surface area contributed by atoms with E-state index in [1.165, 1.54) is 18.3 Å². The Balaban J connectivity index is 2.22. The van der Waals surface area contributed by atoms with Crippen LogP contribution in [0.4, 0.5) is 13.2 Å². The number of carbonyl (C=O) groups is 1. The van der Waals surface area contributed by atoms with E-state index in [1.54, 1.807) is 0 Å². The third kappa shape index (κ3) is 3.07. The van der Waals surface area contributed by atoms with Crippen LogP contribution in [0.3, 0.4) is 0 Å². The first-order chi connectivity index (χ1) is 9.41. The summed E-state index contributed by atoms with van der Waals surface area (Å²) in [6.07, 6.45) is -2.04. The van der Waals surface area contributed by atoms with Crippen molar-refractivity contribution in [3.05, 3.63) is 41.8 Å². The summed E-state index contributed by atoms with van der Waals surface area (Å²) in [5.41, 5.74) is -0.344. The number of benzene rings is 1. The van der Waals surface area contributed by atoms with Crippen molar-refractivity contribution in [1.29, 1.82) is 0 Å². The van der Waals surface area contributed by atoms with E-state index in [1.807, 2.05) is 6.92 Å². The molecule has 1 aromatic heterocycles. The molecule has 2 rings (SSSR count). The molecule has 6 heteroatoms. The SMILES string of the molecule is CCCC(=O)c1cnc(-c2ccc(C(F)(F)F)cc2)o1. The molecular formula is C14H12F3NO2. The molecule has 0 unspecified atom stereocenters. The molecule has 20 heavy (non-hydrogen) atoms. The third-order valence-electron chi connectivity index (χ3n) is 2.72. The second kappa shape index (κ2) is 5.48. The largest absolute Gasteiger partial charge is 0.433 e. The lowest BCUT2D eigenvalue weighted by Crippen LogP contribution is -2.03. The Morgan fingerprint density at radius 2 is 1.90 bits per heavy atom. The van der Waals surface area contributed by atoms with Crippen molar-refractivity contribution in [3.63, 3.8) is 0 Å². The first-order valence-corrected chi connectivity index (χ1v) is 6.08. The van der Waals surface area contributed by atoms with E-state index < -0.39 is 11.7 Å². The van der Waals surface area contributed by atoms with E-state index in [0.29, 0.717) is 18.4 Å². The number of oxazole rings is 1. The average Bonchev–Trinajstić information content (AvgIpc) is 2.88. The maximum atomic E-state index is 12.4. The fourth-order valence-electron chi connectivity index (χ4n) is 1.69. The van der Waals surface area contributed by atoms with E-state index in [9.17, 15) is 18.0 Å². The van der Waals surface area contributed by atoms with E-state index >= 15 is 0 Å². The van der Waals surface area contributed by atoms with Gasteiger partial charge in [-0.05, 0) is 30.7 Å². The lowest BCUT2D eigenvalue weighted by molar-refractivity contribution is -0.137. The van der Waals surface area contributed by atoms with Crippen molar-refractivity contribution in [2.75, 3.05) is 0 Å². The summed E-state index contributed by atoms with van der Waals surface area (Å²) in [6.45, 7) is 1.87. The van der Waals surface area contributed by atoms with Gasteiger partial charge in [0.15, 0.2) is 11.5 Å². The molecule has 1 aromatic carbocycles. The summed E-state index contributed by atoms with van der Waals surface area (Å²) in [6, 6.07) is 4.44. The van der Waals surface area contributed by atoms with E-state index in [4.69, 9.17) is 4.42 Å². The van der Waals surface area contributed by atoms with Gasteiger partial charge in [-0.25, -0.2) is 4.98 Å². The van der Waals surface area contributed by atoms with Gasteiger partial charge in [-0.15, -0.1) is 0 Å². The van der Waals surface area contributed by atoms with E-state index in [-0.39, 0.29) is 17.4 Å². The summed E-state index contributed by atoms with van der Waals surface area (Å²) in [5, 5.41) is 0. The maximum absolute atomic E-state index is 12.4. The van der Waals surface area contributed by atoms with Gasteiger partial charge in [-0.2, -0.15) is 13.2 Å². The summed E-state index contributed by atoms with van der Waals surface area (Å²) >= 11 is 0. The first kappa shape index (κ1) is 14.3. The predicted octanol–water partition coefficient (Wildman–Crippen LogP) is 4.34. The Kier molecular flexibility index (Phi) is 3.92. The fourth-order valence-corrected chi connectivity index (χ4v) is 1.69. The molecule has 0 spiro atoms. The lowest BCUT2D eigenvalue weighted by atomic mass is 10.1. The number of carbonyl (C=O) groups excluding carboxylic acids is 1. The Bertz CT molecular complexity index is 600. The van der Waals surface area contributed by atoms with Crippen LogP contribution in [-0.2, 0) is 6.18 Å². The number of aromatic nitrogens is 1. The second-order valence-corrected chi connectivity index (χ2v) is 4.28. The van der Waals surface area contributed by atoms with Crippen LogP contribution >= 0.6 is 0 Å². The quantitative estimate of drug-likeness (QED) is 0.784. The number of Topliss-reactive ketones (excluding diaryl/α,β-unsaturated/α-hetero) is 1. The molecule has 0 atom stereocenters. The van der Waals surface area contributed by atoms with E-state index in [2.05, 4.69) is 4.98 Å². The van der Waals surface area contributed by atoms with Gasteiger partial charge in [0.25, 0.3) is 0 Å². The van der Waals surface area contributed by atoms with Crippen LogP contribution in [0, 0.1) is 0 Å². The second-order valence-electron chi connectivity index (χ2n) is 4.28. The molecule has 0 N–H and O–H groups in total. The topological polar surface area (TPSA) is 43.1 Å². The molecule has 0 aliphatic carbocycles. The van der Waals surface area contributed by atoms with E-state index in [0.717, 1.165) is 12.1 Å². The molecule has 0 aliphatic rings. The van der Waals surface area contributed by atoms with Gasteiger partial charge in [0, 0.05) is 12.0 Å². The highest BCUT2D eigenvalue weighted by Crippen LogP contribution is 2.30. The minimum absolute atomic E-state index is 0.127. The smallest absolute Gasteiger partial charge is 0.416 e. The van der Waals surface area contributed by atoms with Gasteiger partial charge in [-0.3, -0.25) is 4.79 Å². The summed E-state index contributed by atoms with van der Waals surface area (Å²) in [4.78, 5) is 15.5. The molecule has 0 bridgehead atoms. The zero-order chi connectivity index (χ0) is 14.8. The zero-order valence-corrected chi connectivity index (χ0v) is 10.7. The van der Waals surface area contributed by atoms with Gasteiger partial charge in [-0.1, -0.05) is 6.92 Å². The zero-order valence-electron chi connectivity index (χ0n) is 10.7. The van der Waals surface area contributed by atoms with Crippen molar-refractivity contribution < 1.29 is 22.4 Å². The number of halogens is 3. The van der Waals surface area contributed by atoms with Crippen LogP contribution < -0.4 is 0 Å². The van der Waals surface area contributed by atoms with Crippen molar-refractivity contribution in [1.82, 2.24) is 4.98 Å². The number of hydrogen-bond acceptors (Lipinski definition) is 3.